The number of hydrogen-bond acceptors (Lipinski definition) is 2. The Bertz CT molecular complexity index is 168. The molecule has 1 rings (SSSR count). The van der Waals surface area contributed by atoms with Gasteiger partial charge in [0.15, 0.2) is 0 Å². The van der Waals surface area contributed by atoms with Crippen molar-refractivity contribution in [1.29, 1.82) is 5.41 Å². The Balaban J connectivity index is 2.55. The molecule has 2 atom stereocenters. The SMILES string of the molecule is CC1CN(C=N)C1C(N)=O. The number of primary amides is 1. The molecular formula is C6H11N3O. The van der Waals surface area contributed by atoms with Gasteiger partial charge in [-0.1, -0.05) is 6.92 Å². The van der Waals surface area contributed by atoms with Crippen molar-refractivity contribution in [3.05, 3.63) is 0 Å². The fourth-order valence-corrected chi connectivity index (χ4v) is 1.31. The number of rotatable bonds is 2. The number of carbonyl (C=O) groups is 1. The highest BCUT2D eigenvalue weighted by molar-refractivity contribution is 5.84. The lowest BCUT2D eigenvalue weighted by molar-refractivity contribution is -0.127. The average Bonchev–Trinajstić information content (AvgIpc) is 1.80. The largest absolute Gasteiger partial charge is 0.368 e. The van der Waals surface area contributed by atoms with Crippen LogP contribution < -0.4 is 5.73 Å². The topological polar surface area (TPSA) is 70.2 Å². The maximum absolute atomic E-state index is 10.6. The van der Waals surface area contributed by atoms with Gasteiger partial charge >= 0.3 is 0 Å². The molecule has 4 heteroatoms. The van der Waals surface area contributed by atoms with E-state index in [4.69, 9.17) is 11.1 Å². The maximum atomic E-state index is 10.6. The third kappa shape index (κ3) is 0.853. The molecule has 0 saturated carbocycles. The number of nitrogens with zero attached hydrogens (tertiary/aromatic N) is 1. The van der Waals surface area contributed by atoms with E-state index in [1.54, 1.807) is 4.90 Å². The van der Waals surface area contributed by atoms with Gasteiger partial charge < -0.3 is 10.6 Å². The molecule has 1 aliphatic heterocycles. The van der Waals surface area contributed by atoms with E-state index in [1.807, 2.05) is 6.92 Å². The van der Waals surface area contributed by atoms with Crippen molar-refractivity contribution < 1.29 is 4.79 Å². The van der Waals surface area contributed by atoms with E-state index in [9.17, 15) is 4.79 Å². The van der Waals surface area contributed by atoms with Crippen molar-refractivity contribution >= 4 is 12.2 Å². The van der Waals surface area contributed by atoms with Crippen LogP contribution in [-0.4, -0.2) is 29.7 Å². The number of amides is 1. The molecule has 0 bridgehead atoms. The molecule has 0 aliphatic carbocycles. The van der Waals surface area contributed by atoms with Crippen LogP contribution in [0.1, 0.15) is 6.92 Å². The Morgan fingerprint density at radius 3 is 2.70 bits per heavy atom. The van der Waals surface area contributed by atoms with Crippen molar-refractivity contribution in [3.63, 3.8) is 0 Å². The normalized spacial score (nSPS) is 31.1. The first-order chi connectivity index (χ1) is 4.66. The Labute approximate surface area is 59.5 Å². The fourth-order valence-electron chi connectivity index (χ4n) is 1.31. The first kappa shape index (κ1) is 7.05. The molecule has 1 fully saturated rings. The molecule has 1 saturated heterocycles. The highest BCUT2D eigenvalue weighted by Gasteiger charge is 2.37. The van der Waals surface area contributed by atoms with Gasteiger partial charge in [0.05, 0.1) is 6.34 Å². The molecule has 1 aliphatic rings. The highest BCUT2D eigenvalue weighted by Crippen LogP contribution is 2.21. The number of nitrogens with two attached hydrogens (primary N) is 1. The van der Waals surface area contributed by atoms with E-state index in [2.05, 4.69) is 0 Å². The van der Waals surface area contributed by atoms with Gasteiger partial charge in [-0.25, -0.2) is 0 Å². The summed E-state index contributed by atoms with van der Waals surface area (Å²) in [6.45, 7) is 2.73. The van der Waals surface area contributed by atoms with Crippen molar-refractivity contribution in [2.45, 2.75) is 13.0 Å². The summed E-state index contributed by atoms with van der Waals surface area (Å²) < 4.78 is 0. The predicted octanol–water partition coefficient (Wildman–Crippen LogP) is -0.601. The van der Waals surface area contributed by atoms with Crippen molar-refractivity contribution in [3.8, 4) is 0 Å². The molecule has 56 valence electrons. The highest BCUT2D eigenvalue weighted by atomic mass is 16.1. The summed E-state index contributed by atoms with van der Waals surface area (Å²) in [5.74, 6) is -0.0265. The van der Waals surface area contributed by atoms with Gasteiger partial charge in [0.1, 0.15) is 6.04 Å². The second-order valence-corrected chi connectivity index (χ2v) is 2.65. The van der Waals surface area contributed by atoms with E-state index in [0.717, 1.165) is 12.9 Å². The first-order valence-corrected chi connectivity index (χ1v) is 3.22. The molecule has 0 radical (unpaired) electrons. The summed E-state index contributed by atoms with van der Waals surface area (Å²) in [4.78, 5) is 12.3. The fraction of sp³-hybridized carbons (Fsp3) is 0.667. The van der Waals surface area contributed by atoms with Crippen molar-refractivity contribution in [1.82, 2.24) is 4.90 Å². The van der Waals surface area contributed by atoms with E-state index < -0.39 is 0 Å². The minimum atomic E-state index is -0.331. The van der Waals surface area contributed by atoms with Crippen LogP contribution >= 0.6 is 0 Å². The Hall–Kier alpha value is -1.06. The molecule has 4 nitrogen and oxygen atoms in total. The Morgan fingerprint density at radius 1 is 1.90 bits per heavy atom. The summed E-state index contributed by atoms with van der Waals surface area (Å²) in [5.41, 5.74) is 5.07. The molecular weight excluding hydrogens is 130 g/mol. The molecule has 0 spiro atoms. The van der Waals surface area contributed by atoms with Crippen LogP contribution in [0.5, 0.6) is 0 Å². The zero-order valence-corrected chi connectivity index (χ0v) is 5.87. The quantitative estimate of drug-likeness (QED) is 0.398. The van der Waals surface area contributed by atoms with Gasteiger partial charge in [0, 0.05) is 12.5 Å². The van der Waals surface area contributed by atoms with Gasteiger partial charge in [0.2, 0.25) is 5.91 Å². The Morgan fingerprint density at radius 2 is 2.50 bits per heavy atom. The van der Waals surface area contributed by atoms with Crippen LogP contribution in [0.2, 0.25) is 0 Å². The molecule has 0 aromatic carbocycles. The van der Waals surface area contributed by atoms with Crippen LogP contribution in [0, 0.1) is 11.3 Å². The monoisotopic (exact) mass is 141 g/mol. The zero-order valence-electron chi connectivity index (χ0n) is 5.87. The summed E-state index contributed by atoms with van der Waals surface area (Å²) >= 11 is 0. The summed E-state index contributed by atoms with van der Waals surface area (Å²) in [6.07, 6.45) is 1.16. The molecule has 0 aromatic rings. The lowest BCUT2D eigenvalue weighted by Gasteiger charge is -2.43. The van der Waals surface area contributed by atoms with Gasteiger partial charge in [-0.3, -0.25) is 10.2 Å². The second-order valence-electron chi connectivity index (χ2n) is 2.65. The average molecular weight is 141 g/mol. The maximum Gasteiger partial charge on any atom is 0.240 e. The minimum Gasteiger partial charge on any atom is -0.368 e. The van der Waals surface area contributed by atoms with Crippen LogP contribution in [-0.2, 0) is 4.79 Å². The zero-order chi connectivity index (χ0) is 7.72. The minimum absolute atomic E-state index is 0.238. The van der Waals surface area contributed by atoms with E-state index in [0.29, 0.717) is 5.92 Å². The second kappa shape index (κ2) is 2.28. The summed E-state index contributed by atoms with van der Waals surface area (Å²) in [7, 11) is 0. The molecule has 0 aromatic heterocycles. The molecule has 10 heavy (non-hydrogen) atoms. The van der Waals surface area contributed by atoms with Gasteiger partial charge in [0.25, 0.3) is 0 Å². The van der Waals surface area contributed by atoms with Gasteiger partial charge in [-0.2, -0.15) is 0 Å². The van der Waals surface area contributed by atoms with Crippen molar-refractivity contribution in [2.24, 2.45) is 11.7 Å². The number of nitrogens with one attached hydrogen (secondary N) is 1. The summed E-state index contributed by atoms with van der Waals surface area (Å²) in [6, 6.07) is -0.238. The third-order valence-electron chi connectivity index (χ3n) is 1.85. The number of hydrogen-bond donors (Lipinski definition) is 2. The van der Waals surface area contributed by atoms with E-state index in [1.165, 1.54) is 0 Å². The standard InChI is InChI=1S/C6H11N3O/c1-4-2-9(3-7)5(4)6(8)10/h3-5,7H,2H2,1H3,(H2,8,10). The van der Waals surface area contributed by atoms with Crippen molar-refractivity contribution in [2.75, 3.05) is 6.54 Å². The lowest BCUT2D eigenvalue weighted by atomic mass is 9.91. The number of carbonyl (C=O) groups excluding carboxylic acids is 1. The Kier molecular flexibility index (Phi) is 1.61. The molecule has 1 heterocycles. The molecule has 1 amide bonds. The smallest absolute Gasteiger partial charge is 0.240 e. The van der Waals surface area contributed by atoms with Crippen LogP contribution in [0.3, 0.4) is 0 Å². The summed E-state index contributed by atoms with van der Waals surface area (Å²) in [5, 5.41) is 6.87. The van der Waals surface area contributed by atoms with E-state index >= 15 is 0 Å². The van der Waals surface area contributed by atoms with Crippen LogP contribution in [0.25, 0.3) is 0 Å². The van der Waals surface area contributed by atoms with Gasteiger partial charge in [-0.05, 0) is 0 Å². The molecule has 2 unspecified atom stereocenters. The molecule has 3 N–H and O–H groups in total. The predicted molar refractivity (Wildman–Crippen MR) is 37.6 cm³/mol. The van der Waals surface area contributed by atoms with Crippen LogP contribution in [0.4, 0.5) is 0 Å². The third-order valence-corrected chi connectivity index (χ3v) is 1.85. The van der Waals surface area contributed by atoms with Crippen LogP contribution in [0.15, 0.2) is 0 Å². The number of likely N-dealkylation sites (tertiary alicyclic amines) is 1. The van der Waals surface area contributed by atoms with Gasteiger partial charge in [-0.15, -0.1) is 0 Å². The van der Waals surface area contributed by atoms with E-state index in [-0.39, 0.29) is 11.9 Å². The lowest BCUT2D eigenvalue weighted by Crippen LogP contribution is -2.60. The first-order valence-electron chi connectivity index (χ1n) is 3.22.